The number of phenols is 1. The standard InChI is InChI=1S/C16H17NO2/c18-14-6-5-11-3-1-2-4-13(11)15(14)16(19)12-7-9-17-10-8-12/h1-6,12,17-18H,7-10H2. The Bertz CT molecular complexity index is 615. The lowest BCUT2D eigenvalue weighted by Gasteiger charge is -2.22. The van der Waals surface area contributed by atoms with Crippen LogP contribution in [-0.2, 0) is 0 Å². The van der Waals surface area contributed by atoms with Crippen molar-refractivity contribution >= 4 is 16.6 Å². The fourth-order valence-electron chi connectivity index (χ4n) is 2.81. The molecule has 0 amide bonds. The van der Waals surface area contributed by atoms with E-state index in [1.54, 1.807) is 6.07 Å². The first-order valence-corrected chi connectivity index (χ1v) is 6.73. The van der Waals surface area contributed by atoms with E-state index in [0.29, 0.717) is 5.56 Å². The van der Waals surface area contributed by atoms with Crippen LogP contribution in [0.4, 0.5) is 0 Å². The molecule has 0 bridgehead atoms. The molecule has 0 atom stereocenters. The van der Waals surface area contributed by atoms with Crippen LogP contribution in [0.1, 0.15) is 23.2 Å². The summed E-state index contributed by atoms with van der Waals surface area (Å²) >= 11 is 0. The van der Waals surface area contributed by atoms with Crippen molar-refractivity contribution in [2.24, 2.45) is 5.92 Å². The highest BCUT2D eigenvalue weighted by molar-refractivity contribution is 6.11. The number of fused-ring (bicyclic) bond motifs is 1. The second-order valence-corrected chi connectivity index (χ2v) is 5.07. The van der Waals surface area contributed by atoms with Crippen molar-refractivity contribution < 1.29 is 9.90 Å². The molecule has 0 saturated carbocycles. The minimum absolute atomic E-state index is 0.0259. The maximum atomic E-state index is 12.6. The van der Waals surface area contributed by atoms with Crippen LogP contribution in [0.2, 0.25) is 0 Å². The average molecular weight is 255 g/mol. The number of benzene rings is 2. The number of phenolic OH excluding ortho intramolecular Hbond substituents is 1. The van der Waals surface area contributed by atoms with Gasteiger partial charge in [-0.25, -0.2) is 0 Å². The number of rotatable bonds is 2. The van der Waals surface area contributed by atoms with Crippen LogP contribution in [0.25, 0.3) is 10.8 Å². The molecule has 0 radical (unpaired) electrons. The molecule has 1 aliphatic rings. The molecule has 0 spiro atoms. The molecule has 1 saturated heterocycles. The van der Waals surface area contributed by atoms with Gasteiger partial charge in [0.25, 0.3) is 0 Å². The lowest BCUT2D eigenvalue weighted by atomic mass is 9.87. The van der Waals surface area contributed by atoms with E-state index in [-0.39, 0.29) is 17.5 Å². The molecule has 1 fully saturated rings. The van der Waals surface area contributed by atoms with Crippen molar-refractivity contribution in [1.82, 2.24) is 5.32 Å². The van der Waals surface area contributed by atoms with Crippen molar-refractivity contribution in [3.05, 3.63) is 42.0 Å². The van der Waals surface area contributed by atoms with Gasteiger partial charge in [0, 0.05) is 5.92 Å². The van der Waals surface area contributed by atoms with Gasteiger partial charge in [-0.15, -0.1) is 0 Å². The number of piperidine rings is 1. The summed E-state index contributed by atoms with van der Waals surface area (Å²) in [6.07, 6.45) is 1.70. The molecule has 3 rings (SSSR count). The van der Waals surface area contributed by atoms with E-state index in [2.05, 4.69) is 5.32 Å². The second kappa shape index (κ2) is 5.02. The van der Waals surface area contributed by atoms with Gasteiger partial charge in [-0.1, -0.05) is 30.3 Å². The predicted molar refractivity (Wildman–Crippen MR) is 75.5 cm³/mol. The van der Waals surface area contributed by atoms with E-state index in [0.717, 1.165) is 36.7 Å². The van der Waals surface area contributed by atoms with Gasteiger partial charge in [0.1, 0.15) is 5.75 Å². The fourth-order valence-corrected chi connectivity index (χ4v) is 2.81. The highest BCUT2D eigenvalue weighted by Crippen LogP contribution is 2.31. The fraction of sp³-hybridized carbons (Fsp3) is 0.312. The third-order valence-corrected chi connectivity index (χ3v) is 3.86. The zero-order valence-electron chi connectivity index (χ0n) is 10.7. The minimum Gasteiger partial charge on any atom is -0.507 e. The Balaban J connectivity index is 2.08. The van der Waals surface area contributed by atoms with Gasteiger partial charge >= 0.3 is 0 Å². The molecule has 3 heteroatoms. The number of carbonyl (C=O) groups is 1. The number of ketones is 1. The van der Waals surface area contributed by atoms with Crippen LogP contribution in [0.3, 0.4) is 0 Å². The molecule has 98 valence electrons. The summed E-state index contributed by atoms with van der Waals surface area (Å²) in [5.41, 5.74) is 0.491. The molecule has 19 heavy (non-hydrogen) atoms. The van der Waals surface area contributed by atoms with E-state index in [1.165, 1.54) is 0 Å². The molecule has 1 heterocycles. The van der Waals surface area contributed by atoms with Crippen molar-refractivity contribution in [1.29, 1.82) is 0 Å². The molecule has 0 unspecified atom stereocenters. The van der Waals surface area contributed by atoms with Crippen LogP contribution >= 0.6 is 0 Å². The summed E-state index contributed by atoms with van der Waals surface area (Å²) in [4.78, 5) is 12.6. The molecule has 2 aromatic carbocycles. The predicted octanol–water partition coefficient (Wildman–Crippen LogP) is 2.73. The zero-order chi connectivity index (χ0) is 13.2. The summed E-state index contributed by atoms with van der Waals surface area (Å²) < 4.78 is 0. The number of aromatic hydroxyl groups is 1. The lowest BCUT2D eigenvalue weighted by Crippen LogP contribution is -2.32. The van der Waals surface area contributed by atoms with Gasteiger partial charge in [0.05, 0.1) is 5.56 Å². The van der Waals surface area contributed by atoms with E-state index < -0.39 is 0 Å². The Morgan fingerprint density at radius 2 is 1.84 bits per heavy atom. The van der Waals surface area contributed by atoms with Crippen molar-refractivity contribution in [3.8, 4) is 5.75 Å². The molecular weight excluding hydrogens is 238 g/mol. The first-order chi connectivity index (χ1) is 9.27. The molecule has 1 aliphatic heterocycles. The average Bonchev–Trinajstić information content (AvgIpc) is 2.47. The minimum atomic E-state index is 0.0259. The highest BCUT2D eigenvalue weighted by Gasteiger charge is 2.25. The molecule has 0 aliphatic carbocycles. The summed E-state index contributed by atoms with van der Waals surface area (Å²) in [6.45, 7) is 1.75. The van der Waals surface area contributed by atoms with E-state index in [1.807, 2.05) is 30.3 Å². The SMILES string of the molecule is O=C(c1c(O)ccc2ccccc12)C1CCNCC1. The van der Waals surface area contributed by atoms with Gasteiger partial charge in [-0.05, 0) is 42.8 Å². The van der Waals surface area contributed by atoms with Crippen LogP contribution in [0.5, 0.6) is 5.75 Å². The van der Waals surface area contributed by atoms with Gasteiger partial charge in [-0.3, -0.25) is 4.79 Å². The zero-order valence-corrected chi connectivity index (χ0v) is 10.7. The number of nitrogens with one attached hydrogen (secondary N) is 1. The summed E-state index contributed by atoms with van der Waals surface area (Å²) in [7, 11) is 0. The smallest absolute Gasteiger partial charge is 0.170 e. The largest absolute Gasteiger partial charge is 0.507 e. The van der Waals surface area contributed by atoms with Gasteiger partial charge in [0.2, 0.25) is 0 Å². The number of hydrogen-bond donors (Lipinski definition) is 2. The lowest BCUT2D eigenvalue weighted by molar-refractivity contribution is 0.0894. The van der Waals surface area contributed by atoms with Crippen LogP contribution in [0.15, 0.2) is 36.4 Å². The monoisotopic (exact) mass is 255 g/mol. The normalized spacial score (nSPS) is 16.6. The van der Waals surface area contributed by atoms with E-state index in [9.17, 15) is 9.90 Å². The number of carbonyl (C=O) groups excluding carboxylic acids is 1. The summed E-state index contributed by atoms with van der Waals surface area (Å²) in [5.74, 6) is 0.205. The number of hydrogen-bond acceptors (Lipinski definition) is 3. The van der Waals surface area contributed by atoms with Gasteiger partial charge < -0.3 is 10.4 Å². The van der Waals surface area contributed by atoms with Crippen molar-refractivity contribution in [2.45, 2.75) is 12.8 Å². The Hall–Kier alpha value is -1.87. The third-order valence-electron chi connectivity index (χ3n) is 3.86. The Morgan fingerprint density at radius 3 is 2.63 bits per heavy atom. The van der Waals surface area contributed by atoms with Crippen molar-refractivity contribution in [2.75, 3.05) is 13.1 Å². The Kier molecular flexibility index (Phi) is 3.22. The van der Waals surface area contributed by atoms with Crippen LogP contribution in [0, 0.1) is 5.92 Å². The molecule has 2 aromatic rings. The summed E-state index contributed by atoms with van der Waals surface area (Å²) in [6, 6.07) is 11.2. The highest BCUT2D eigenvalue weighted by atomic mass is 16.3. The quantitative estimate of drug-likeness (QED) is 0.811. The molecular formula is C16H17NO2. The number of Topliss-reactive ketones (excluding diaryl/α,β-unsaturated/α-hetero) is 1. The second-order valence-electron chi connectivity index (χ2n) is 5.07. The third kappa shape index (κ3) is 2.22. The molecule has 2 N–H and O–H groups in total. The maximum absolute atomic E-state index is 12.6. The van der Waals surface area contributed by atoms with Gasteiger partial charge in [-0.2, -0.15) is 0 Å². The Labute approximate surface area is 112 Å². The Morgan fingerprint density at radius 1 is 1.11 bits per heavy atom. The first kappa shape index (κ1) is 12.2. The van der Waals surface area contributed by atoms with Crippen LogP contribution < -0.4 is 5.32 Å². The molecule has 0 aromatic heterocycles. The maximum Gasteiger partial charge on any atom is 0.170 e. The van der Waals surface area contributed by atoms with E-state index >= 15 is 0 Å². The summed E-state index contributed by atoms with van der Waals surface area (Å²) in [5, 5.41) is 15.2. The van der Waals surface area contributed by atoms with Crippen LogP contribution in [-0.4, -0.2) is 24.0 Å². The first-order valence-electron chi connectivity index (χ1n) is 6.73. The molecule has 3 nitrogen and oxygen atoms in total. The van der Waals surface area contributed by atoms with Crippen molar-refractivity contribution in [3.63, 3.8) is 0 Å². The van der Waals surface area contributed by atoms with E-state index in [4.69, 9.17) is 0 Å². The topological polar surface area (TPSA) is 49.3 Å². The van der Waals surface area contributed by atoms with Gasteiger partial charge in [0.15, 0.2) is 5.78 Å².